The van der Waals surface area contributed by atoms with Gasteiger partial charge < -0.3 is 40.1 Å². The number of benzene rings is 1. The predicted molar refractivity (Wildman–Crippen MR) is 189 cm³/mol. The number of rotatable bonds is 7. The topological polar surface area (TPSA) is 184 Å². The van der Waals surface area contributed by atoms with Gasteiger partial charge in [0.2, 0.25) is 35.4 Å². The molecule has 3 aliphatic rings. The number of nitrogens with one attached hydrogen (secondary N) is 3. The highest BCUT2D eigenvalue weighted by molar-refractivity contribution is 5.97. The van der Waals surface area contributed by atoms with Gasteiger partial charge in [0, 0.05) is 33.5 Å². The van der Waals surface area contributed by atoms with Crippen LogP contribution in [0.5, 0.6) is 5.75 Å². The monoisotopic (exact) mass is 726 g/mol. The fourth-order valence-electron chi connectivity index (χ4n) is 7.24. The van der Waals surface area contributed by atoms with E-state index in [9.17, 15) is 33.6 Å². The highest BCUT2D eigenvalue weighted by Crippen LogP contribution is 2.28. The first-order chi connectivity index (χ1) is 24.7. The molecule has 15 heteroatoms. The molecule has 6 amide bonds. The summed E-state index contributed by atoms with van der Waals surface area (Å²) in [5.74, 6) is -3.85. The largest absolute Gasteiger partial charge is 0.497 e. The van der Waals surface area contributed by atoms with E-state index in [-0.39, 0.29) is 18.7 Å². The Kier molecular flexibility index (Phi) is 13.6. The second kappa shape index (κ2) is 17.7. The number of carbonyl (C=O) groups is 7. The number of likely N-dealkylation sites (N-methyl/N-ethyl adjacent to an activating group) is 1. The minimum atomic E-state index is -1.37. The molecule has 0 saturated carbocycles. The van der Waals surface area contributed by atoms with Gasteiger partial charge in [0.1, 0.15) is 48.1 Å². The van der Waals surface area contributed by atoms with E-state index < -0.39 is 83.8 Å². The van der Waals surface area contributed by atoms with Crippen LogP contribution in [0.3, 0.4) is 0 Å². The molecule has 3 N–H and O–H groups in total. The van der Waals surface area contributed by atoms with E-state index in [1.807, 2.05) is 6.92 Å². The number of methoxy groups -OCH3 is 1. The first kappa shape index (κ1) is 40.1. The van der Waals surface area contributed by atoms with E-state index in [0.29, 0.717) is 50.9 Å². The number of amides is 6. The zero-order chi connectivity index (χ0) is 38.3. The molecule has 0 aromatic heterocycles. The van der Waals surface area contributed by atoms with Crippen molar-refractivity contribution in [3.8, 4) is 5.75 Å². The maximum absolute atomic E-state index is 14.3. The Hall–Kier alpha value is -4.69. The fraction of sp³-hybridized carbons (Fsp3) is 0.649. The quantitative estimate of drug-likeness (QED) is 0.344. The number of fused-ring (bicyclic) bond motifs is 2. The van der Waals surface area contributed by atoms with Gasteiger partial charge in [-0.3, -0.25) is 28.8 Å². The standard InChI is InChI=1S/C37H54N6O9/c1-8-11-26-34(47)42-18-10-13-28(42)36(49)43-19-9-12-27(43)35(48)41(6)29(20-24-14-16-25(51-7)17-15-24)32(45)40-30(21(2)3)37(50)52-22(4)31(33(46)39-26)38-23(5)44/h14-17,21-22,26-31H,8-13,18-20H2,1-7H3,(H,38,44)(H,39,46)(H,40,45). The second-order valence-electron chi connectivity index (χ2n) is 14.3. The molecule has 7 unspecified atom stereocenters. The van der Waals surface area contributed by atoms with Crippen molar-refractivity contribution in [3.63, 3.8) is 0 Å². The number of esters is 1. The van der Waals surface area contributed by atoms with Gasteiger partial charge in [-0.1, -0.05) is 39.3 Å². The number of hydrogen-bond donors (Lipinski definition) is 3. The number of ether oxygens (including phenoxy) is 2. The summed E-state index contributed by atoms with van der Waals surface area (Å²) in [7, 11) is 3.05. The Morgan fingerprint density at radius 3 is 2.08 bits per heavy atom. The van der Waals surface area contributed by atoms with Gasteiger partial charge in [-0.05, 0) is 62.6 Å². The van der Waals surface area contributed by atoms with E-state index in [2.05, 4.69) is 16.0 Å². The number of hydrogen-bond acceptors (Lipinski definition) is 9. The molecule has 1 aromatic carbocycles. The molecule has 0 bridgehead atoms. The Morgan fingerprint density at radius 1 is 0.923 bits per heavy atom. The predicted octanol–water partition coefficient (Wildman–Crippen LogP) is 0.922. The van der Waals surface area contributed by atoms with Crippen molar-refractivity contribution in [3.05, 3.63) is 29.8 Å². The molecule has 7 atom stereocenters. The summed E-state index contributed by atoms with van der Waals surface area (Å²) in [6, 6.07) is 0.689. The molecule has 1 aromatic rings. The van der Waals surface area contributed by atoms with Crippen LogP contribution in [0.4, 0.5) is 0 Å². The van der Waals surface area contributed by atoms with Crippen LogP contribution in [0, 0.1) is 5.92 Å². The minimum Gasteiger partial charge on any atom is -0.497 e. The maximum atomic E-state index is 14.3. The van der Waals surface area contributed by atoms with E-state index in [1.165, 1.54) is 42.7 Å². The molecular weight excluding hydrogens is 672 g/mol. The van der Waals surface area contributed by atoms with Gasteiger partial charge in [-0.25, -0.2) is 4.79 Å². The summed E-state index contributed by atoms with van der Waals surface area (Å²) in [6.07, 6.45) is 1.56. The SMILES string of the molecule is CCCC1NC(=O)C(NC(C)=O)C(C)OC(=O)C(C(C)C)NC(=O)C(Cc2ccc(OC)cc2)N(C)C(=O)C2CCCN2C(=O)C2CCCN2C1=O. The van der Waals surface area contributed by atoms with Crippen LogP contribution >= 0.6 is 0 Å². The van der Waals surface area contributed by atoms with Crippen LogP contribution < -0.4 is 20.7 Å². The molecule has 0 radical (unpaired) electrons. The molecule has 3 saturated heterocycles. The van der Waals surface area contributed by atoms with Gasteiger partial charge in [0.05, 0.1) is 7.11 Å². The maximum Gasteiger partial charge on any atom is 0.329 e. The first-order valence-electron chi connectivity index (χ1n) is 18.3. The van der Waals surface area contributed by atoms with Gasteiger partial charge in [0.15, 0.2) is 0 Å². The van der Waals surface area contributed by atoms with Crippen molar-refractivity contribution in [2.24, 2.45) is 5.92 Å². The average Bonchev–Trinajstić information content (AvgIpc) is 3.81. The van der Waals surface area contributed by atoms with Crippen molar-refractivity contribution in [2.75, 3.05) is 27.2 Å². The van der Waals surface area contributed by atoms with Crippen LogP contribution in [0.2, 0.25) is 0 Å². The fourth-order valence-corrected chi connectivity index (χ4v) is 7.24. The third kappa shape index (κ3) is 9.20. The Morgan fingerprint density at radius 2 is 1.52 bits per heavy atom. The number of carbonyl (C=O) groups excluding carboxylic acids is 7. The second-order valence-corrected chi connectivity index (χ2v) is 14.3. The molecular formula is C37H54N6O9. The first-order valence-corrected chi connectivity index (χ1v) is 18.3. The lowest BCUT2D eigenvalue weighted by molar-refractivity contribution is -0.157. The minimum absolute atomic E-state index is 0.0868. The Balaban J connectivity index is 1.78. The smallest absolute Gasteiger partial charge is 0.329 e. The van der Waals surface area contributed by atoms with Crippen LogP contribution in [0.1, 0.15) is 78.7 Å². The van der Waals surface area contributed by atoms with Crippen LogP contribution in [-0.2, 0) is 44.7 Å². The molecule has 3 fully saturated rings. The molecule has 15 nitrogen and oxygen atoms in total. The highest BCUT2D eigenvalue weighted by atomic mass is 16.5. The molecule has 3 aliphatic heterocycles. The summed E-state index contributed by atoms with van der Waals surface area (Å²) in [5.41, 5.74) is 0.724. The average molecular weight is 727 g/mol. The van der Waals surface area contributed by atoms with Crippen molar-refractivity contribution in [2.45, 2.75) is 122 Å². The molecule has 4 rings (SSSR count). The summed E-state index contributed by atoms with van der Waals surface area (Å²) >= 11 is 0. The third-order valence-corrected chi connectivity index (χ3v) is 10.2. The summed E-state index contributed by atoms with van der Waals surface area (Å²) in [4.78, 5) is 101. The van der Waals surface area contributed by atoms with Gasteiger partial charge in [0.25, 0.3) is 0 Å². The van der Waals surface area contributed by atoms with Crippen LogP contribution in [0.25, 0.3) is 0 Å². The van der Waals surface area contributed by atoms with Gasteiger partial charge in [-0.15, -0.1) is 0 Å². The van der Waals surface area contributed by atoms with Gasteiger partial charge in [-0.2, -0.15) is 0 Å². The lowest BCUT2D eigenvalue weighted by atomic mass is 10.00. The summed E-state index contributed by atoms with van der Waals surface area (Å²) in [6.45, 7) is 8.55. The van der Waals surface area contributed by atoms with E-state index >= 15 is 0 Å². The molecule has 0 aliphatic carbocycles. The van der Waals surface area contributed by atoms with Crippen molar-refractivity contribution in [1.29, 1.82) is 0 Å². The lowest BCUT2D eigenvalue weighted by Gasteiger charge is -2.36. The van der Waals surface area contributed by atoms with E-state index in [1.54, 1.807) is 38.1 Å². The summed E-state index contributed by atoms with van der Waals surface area (Å²) < 4.78 is 11.0. The zero-order valence-corrected chi connectivity index (χ0v) is 31.3. The van der Waals surface area contributed by atoms with Crippen molar-refractivity contribution < 1.29 is 43.0 Å². The molecule has 0 spiro atoms. The molecule has 52 heavy (non-hydrogen) atoms. The normalized spacial score (nSPS) is 28.3. The van der Waals surface area contributed by atoms with Crippen molar-refractivity contribution >= 4 is 41.4 Å². The lowest BCUT2D eigenvalue weighted by Crippen LogP contribution is -2.59. The Labute approximate surface area is 305 Å². The third-order valence-electron chi connectivity index (χ3n) is 10.2. The number of nitrogens with zero attached hydrogens (tertiary/aromatic N) is 3. The number of cyclic esters (lactones) is 1. The Bertz CT molecular complexity index is 1500. The van der Waals surface area contributed by atoms with Crippen LogP contribution in [0.15, 0.2) is 24.3 Å². The zero-order valence-electron chi connectivity index (χ0n) is 31.3. The molecule has 286 valence electrons. The van der Waals surface area contributed by atoms with E-state index in [0.717, 1.165) is 5.56 Å². The molecule has 3 heterocycles. The summed E-state index contributed by atoms with van der Waals surface area (Å²) in [5, 5.41) is 8.07. The van der Waals surface area contributed by atoms with Crippen molar-refractivity contribution in [1.82, 2.24) is 30.7 Å². The van der Waals surface area contributed by atoms with E-state index in [4.69, 9.17) is 9.47 Å². The highest BCUT2D eigenvalue weighted by Gasteiger charge is 2.46. The van der Waals surface area contributed by atoms with Crippen LogP contribution in [-0.4, -0.2) is 126 Å². The van der Waals surface area contributed by atoms with Gasteiger partial charge >= 0.3 is 5.97 Å².